The maximum atomic E-state index is 12.2. The van der Waals surface area contributed by atoms with Gasteiger partial charge in [0.05, 0.1) is 0 Å². The maximum Gasteiger partial charge on any atom is 1.00 e. The molecule has 0 N–H and O–H groups in total. The van der Waals surface area contributed by atoms with Crippen LogP contribution in [0.2, 0.25) is 0 Å². The second kappa shape index (κ2) is 4.22. The number of rotatable bonds is 1. The molecule has 0 aromatic heterocycles. The van der Waals surface area contributed by atoms with Crippen molar-refractivity contribution >= 4 is 5.76 Å². The van der Waals surface area contributed by atoms with E-state index >= 15 is 0 Å². The Kier molecular flexibility index (Phi) is 3.95. The first-order chi connectivity index (χ1) is 4.70. The Morgan fingerprint density at radius 2 is 1.73 bits per heavy atom. The minimum Gasteiger partial charge on any atom is -0.872 e. The second-order valence-electron chi connectivity index (χ2n) is 1.93. The van der Waals surface area contributed by atoms with Crippen LogP contribution in [-0.4, -0.2) is 0 Å². The van der Waals surface area contributed by atoms with Gasteiger partial charge in [0.25, 0.3) is 0 Å². The average Bonchev–Trinajstić information content (AvgIpc) is 1.88. The molecule has 0 fully saturated rings. The first kappa shape index (κ1) is 10.3. The van der Waals surface area contributed by atoms with Crippen LogP contribution in [-0.2, 0) is 0 Å². The van der Waals surface area contributed by atoms with Gasteiger partial charge in [-0.05, 0) is 17.7 Å². The minimum absolute atomic E-state index is 0. The van der Waals surface area contributed by atoms with Gasteiger partial charge < -0.3 is 5.11 Å². The van der Waals surface area contributed by atoms with Crippen LogP contribution in [0.3, 0.4) is 0 Å². The predicted octanol–water partition coefficient (Wildman–Crippen LogP) is -1.84. The van der Waals surface area contributed by atoms with Gasteiger partial charge in [-0.25, -0.2) is 4.39 Å². The Morgan fingerprint density at radius 3 is 2.09 bits per heavy atom. The molecule has 1 nitrogen and oxygen atoms in total. The molecule has 1 rings (SSSR count). The maximum absolute atomic E-state index is 12.2. The first-order valence-electron chi connectivity index (χ1n) is 2.82. The van der Waals surface area contributed by atoms with Crippen molar-refractivity contribution < 1.29 is 28.4 Å². The quantitative estimate of drug-likeness (QED) is 0.335. The molecule has 1 aromatic rings. The largest absolute Gasteiger partial charge is 1.00 e. The fourth-order valence-electron chi connectivity index (χ4n) is 0.636. The number of halogens is 1. The van der Waals surface area contributed by atoms with Gasteiger partial charge in [-0.15, -0.1) is 12.3 Å². The van der Waals surface area contributed by atoms with Crippen LogP contribution < -0.4 is 24.0 Å². The summed E-state index contributed by atoms with van der Waals surface area (Å²) >= 11 is 0. The molecule has 0 amide bonds. The van der Waals surface area contributed by atoms with Gasteiger partial charge in [0.15, 0.2) is 0 Å². The molecular weight excluding hydrogens is 138 g/mol. The molecular formula is C8H6FLiO. The third-order valence-electron chi connectivity index (χ3n) is 1.17. The van der Waals surface area contributed by atoms with Crippen LogP contribution in [0.5, 0.6) is 0 Å². The predicted molar refractivity (Wildman–Crippen MR) is 35.4 cm³/mol. The van der Waals surface area contributed by atoms with Gasteiger partial charge in [-0.3, -0.25) is 0 Å². The van der Waals surface area contributed by atoms with Crippen LogP contribution in [0.25, 0.3) is 5.76 Å². The Hall–Kier alpha value is -0.713. The molecule has 11 heavy (non-hydrogen) atoms. The Balaban J connectivity index is 0.000001000. The van der Waals surface area contributed by atoms with Crippen molar-refractivity contribution in [1.29, 1.82) is 0 Å². The summed E-state index contributed by atoms with van der Waals surface area (Å²) in [4.78, 5) is 0. The second-order valence-corrected chi connectivity index (χ2v) is 1.93. The van der Waals surface area contributed by atoms with Crippen LogP contribution in [0.4, 0.5) is 4.39 Å². The zero-order valence-corrected chi connectivity index (χ0v) is 6.30. The van der Waals surface area contributed by atoms with Crippen LogP contribution in [0, 0.1) is 5.82 Å². The fourth-order valence-corrected chi connectivity index (χ4v) is 0.636. The van der Waals surface area contributed by atoms with E-state index in [-0.39, 0.29) is 30.4 Å². The topological polar surface area (TPSA) is 23.1 Å². The van der Waals surface area contributed by atoms with Crippen LogP contribution >= 0.6 is 0 Å². The van der Waals surface area contributed by atoms with Crippen LogP contribution in [0.15, 0.2) is 30.8 Å². The molecule has 52 valence electrons. The van der Waals surface area contributed by atoms with E-state index in [1.165, 1.54) is 24.3 Å². The van der Waals surface area contributed by atoms with Gasteiger partial charge in [0.2, 0.25) is 0 Å². The van der Waals surface area contributed by atoms with E-state index in [4.69, 9.17) is 0 Å². The van der Waals surface area contributed by atoms with Gasteiger partial charge in [-0.2, -0.15) is 0 Å². The van der Waals surface area contributed by atoms with Crippen molar-refractivity contribution in [2.45, 2.75) is 0 Å². The molecule has 0 bridgehead atoms. The minimum atomic E-state index is -0.343. The van der Waals surface area contributed by atoms with Crippen molar-refractivity contribution in [3.63, 3.8) is 0 Å². The van der Waals surface area contributed by atoms with Crippen molar-refractivity contribution in [2.75, 3.05) is 0 Å². The summed E-state index contributed by atoms with van der Waals surface area (Å²) in [5.41, 5.74) is 0.432. The molecule has 1 aromatic carbocycles. The molecule has 0 heterocycles. The smallest absolute Gasteiger partial charge is 0.872 e. The summed E-state index contributed by atoms with van der Waals surface area (Å²) in [6, 6.07) is 5.28. The Morgan fingerprint density at radius 1 is 1.27 bits per heavy atom. The van der Waals surface area contributed by atoms with Gasteiger partial charge in [0, 0.05) is 0 Å². The van der Waals surface area contributed by atoms with E-state index < -0.39 is 0 Å². The summed E-state index contributed by atoms with van der Waals surface area (Å²) in [6.45, 7) is 3.18. The molecule has 0 aliphatic carbocycles. The molecule has 3 heteroatoms. The van der Waals surface area contributed by atoms with E-state index in [2.05, 4.69) is 6.58 Å². The zero-order chi connectivity index (χ0) is 7.56. The zero-order valence-electron chi connectivity index (χ0n) is 6.30. The third-order valence-corrected chi connectivity index (χ3v) is 1.17. The van der Waals surface area contributed by atoms with Crippen LogP contribution in [0.1, 0.15) is 5.56 Å². The number of hydrogen-bond donors (Lipinski definition) is 0. The monoisotopic (exact) mass is 144 g/mol. The molecule has 0 saturated carbocycles. The molecule has 0 radical (unpaired) electrons. The van der Waals surface area contributed by atoms with E-state index in [1.54, 1.807) is 0 Å². The first-order valence-corrected chi connectivity index (χ1v) is 2.82. The summed E-state index contributed by atoms with van der Waals surface area (Å²) in [7, 11) is 0. The summed E-state index contributed by atoms with van der Waals surface area (Å²) < 4.78 is 12.2. The number of benzene rings is 1. The standard InChI is InChI=1S/C8H7FO.Li/c1-6(10)7-2-4-8(9)5-3-7;/h2-5,10H,1H2;/q;+1/p-1. The van der Waals surface area contributed by atoms with Crippen molar-refractivity contribution in [1.82, 2.24) is 0 Å². The summed E-state index contributed by atoms with van der Waals surface area (Å²) in [6.07, 6.45) is 0. The number of hydrogen-bond acceptors (Lipinski definition) is 1. The van der Waals surface area contributed by atoms with Gasteiger partial charge in [0.1, 0.15) is 5.82 Å². The van der Waals surface area contributed by atoms with Crippen molar-refractivity contribution in [2.24, 2.45) is 0 Å². The normalized spacial score (nSPS) is 8.45. The van der Waals surface area contributed by atoms with E-state index in [0.29, 0.717) is 5.56 Å². The van der Waals surface area contributed by atoms with Gasteiger partial charge >= 0.3 is 18.9 Å². The SMILES string of the molecule is C=C([O-])c1ccc(F)cc1.[Li+]. The molecule has 0 aliphatic rings. The Labute approximate surface area is 76.7 Å². The van der Waals surface area contributed by atoms with Crippen molar-refractivity contribution in [3.8, 4) is 0 Å². The molecule has 0 atom stereocenters. The Bertz CT molecular complexity index is 243. The van der Waals surface area contributed by atoms with Crippen molar-refractivity contribution in [3.05, 3.63) is 42.2 Å². The third kappa shape index (κ3) is 2.79. The van der Waals surface area contributed by atoms with Gasteiger partial charge in [-0.1, -0.05) is 12.1 Å². The molecule has 0 spiro atoms. The average molecular weight is 144 g/mol. The van der Waals surface area contributed by atoms with E-state index in [1.807, 2.05) is 0 Å². The fraction of sp³-hybridized carbons (Fsp3) is 0. The molecule has 0 unspecified atom stereocenters. The molecule has 0 aliphatic heterocycles. The summed E-state index contributed by atoms with van der Waals surface area (Å²) in [5, 5.41) is 10.5. The summed E-state index contributed by atoms with van der Waals surface area (Å²) in [5.74, 6) is -0.634. The molecule has 0 saturated heterocycles. The van der Waals surface area contributed by atoms with E-state index in [9.17, 15) is 9.50 Å². The van der Waals surface area contributed by atoms with E-state index in [0.717, 1.165) is 0 Å².